The van der Waals surface area contributed by atoms with Gasteiger partial charge in [0.2, 0.25) is 5.91 Å². The molecule has 2 amide bonds. The Hall–Kier alpha value is -1.36. The minimum absolute atomic E-state index is 0.0690. The maximum atomic E-state index is 12.5. The average molecular weight is 294 g/mol. The minimum atomic E-state index is -0.0737. The molecule has 4 nitrogen and oxygen atoms in total. The molecule has 2 rings (SSSR count). The van der Waals surface area contributed by atoms with Crippen LogP contribution in [0, 0.1) is 12.8 Å². The van der Waals surface area contributed by atoms with Crippen LogP contribution in [0.25, 0.3) is 0 Å². The van der Waals surface area contributed by atoms with E-state index in [1.165, 1.54) is 11.3 Å². The fourth-order valence-electron chi connectivity index (χ4n) is 2.51. The minimum Gasteiger partial charge on any atom is -0.354 e. The van der Waals surface area contributed by atoms with Gasteiger partial charge in [0.25, 0.3) is 5.91 Å². The van der Waals surface area contributed by atoms with Gasteiger partial charge in [-0.1, -0.05) is 0 Å². The van der Waals surface area contributed by atoms with E-state index in [1.54, 1.807) is 0 Å². The zero-order valence-corrected chi connectivity index (χ0v) is 13.1. The van der Waals surface area contributed by atoms with Gasteiger partial charge in [0.1, 0.15) is 0 Å². The Balaban J connectivity index is 2.02. The molecule has 5 heteroatoms. The van der Waals surface area contributed by atoms with Crippen molar-refractivity contribution in [2.24, 2.45) is 5.92 Å². The highest BCUT2D eigenvalue weighted by molar-refractivity contribution is 7.12. The Bertz CT molecular complexity index is 496. The van der Waals surface area contributed by atoms with Crippen LogP contribution in [0.2, 0.25) is 0 Å². The second-order valence-corrected chi connectivity index (χ2v) is 6.60. The third-order valence-corrected chi connectivity index (χ3v) is 4.57. The fourth-order valence-corrected chi connectivity index (χ4v) is 3.41. The van der Waals surface area contributed by atoms with Crippen molar-refractivity contribution in [1.82, 2.24) is 10.2 Å². The Labute approximate surface area is 124 Å². The average Bonchev–Trinajstić information content (AvgIpc) is 2.83. The van der Waals surface area contributed by atoms with E-state index in [1.807, 2.05) is 37.1 Å². The number of aryl methyl sites for hydroxylation is 1. The molecule has 110 valence electrons. The monoisotopic (exact) mass is 294 g/mol. The molecular weight excluding hydrogens is 272 g/mol. The molecule has 0 aromatic carbocycles. The van der Waals surface area contributed by atoms with E-state index in [9.17, 15) is 9.59 Å². The van der Waals surface area contributed by atoms with Crippen LogP contribution in [-0.2, 0) is 4.79 Å². The molecule has 0 spiro atoms. The Morgan fingerprint density at radius 2 is 2.20 bits per heavy atom. The Kier molecular flexibility index (Phi) is 4.81. The van der Waals surface area contributed by atoms with Gasteiger partial charge >= 0.3 is 0 Å². The van der Waals surface area contributed by atoms with E-state index in [4.69, 9.17) is 0 Å². The van der Waals surface area contributed by atoms with E-state index in [2.05, 4.69) is 5.32 Å². The summed E-state index contributed by atoms with van der Waals surface area (Å²) < 4.78 is 0. The highest BCUT2D eigenvalue weighted by atomic mass is 32.1. The summed E-state index contributed by atoms with van der Waals surface area (Å²) in [6, 6.07) is 2.11. The number of hydrogen-bond acceptors (Lipinski definition) is 3. The molecule has 0 aliphatic carbocycles. The third-order valence-electron chi connectivity index (χ3n) is 3.57. The van der Waals surface area contributed by atoms with E-state index in [0.717, 1.165) is 29.8 Å². The lowest BCUT2D eigenvalue weighted by Gasteiger charge is -2.32. The topological polar surface area (TPSA) is 49.4 Å². The van der Waals surface area contributed by atoms with Crippen molar-refractivity contribution in [2.45, 2.75) is 39.7 Å². The van der Waals surface area contributed by atoms with E-state index < -0.39 is 0 Å². The van der Waals surface area contributed by atoms with Crippen molar-refractivity contribution in [3.63, 3.8) is 0 Å². The normalized spacial score (nSPS) is 19.2. The van der Waals surface area contributed by atoms with Crippen molar-refractivity contribution in [3.8, 4) is 0 Å². The third kappa shape index (κ3) is 3.39. The molecule has 1 fully saturated rings. The fraction of sp³-hybridized carbons (Fsp3) is 0.600. The molecule has 0 radical (unpaired) electrons. The second kappa shape index (κ2) is 6.39. The van der Waals surface area contributed by atoms with Crippen molar-refractivity contribution in [1.29, 1.82) is 0 Å². The molecule has 1 aliphatic heterocycles. The van der Waals surface area contributed by atoms with Crippen molar-refractivity contribution < 1.29 is 9.59 Å². The van der Waals surface area contributed by atoms with Gasteiger partial charge in [-0.3, -0.25) is 9.59 Å². The first-order valence-electron chi connectivity index (χ1n) is 7.12. The Morgan fingerprint density at radius 3 is 2.80 bits per heavy atom. The van der Waals surface area contributed by atoms with Crippen LogP contribution in [0.4, 0.5) is 0 Å². The van der Waals surface area contributed by atoms with Gasteiger partial charge in [-0.05, 0) is 50.6 Å². The molecule has 0 bridgehead atoms. The molecule has 1 N–H and O–H groups in total. The Morgan fingerprint density at radius 1 is 1.45 bits per heavy atom. The maximum absolute atomic E-state index is 12.5. The van der Waals surface area contributed by atoms with Crippen LogP contribution in [0.3, 0.4) is 0 Å². The number of rotatable bonds is 3. The molecule has 1 unspecified atom stereocenters. The molecule has 1 aromatic rings. The van der Waals surface area contributed by atoms with Crippen molar-refractivity contribution >= 4 is 23.2 Å². The van der Waals surface area contributed by atoms with Crippen LogP contribution in [0.15, 0.2) is 11.4 Å². The molecule has 1 saturated heterocycles. The summed E-state index contributed by atoms with van der Waals surface area (Å²) in [5.41, 5.74) is 1.02. The summed E-state index contributed by atoms with van der Waals surface area (Å²) in [6.45, 7) is 7.16. The number of thiophene rings is 1. The van der Waals surface area contributed by atoms with Gasteiger partial charge in [0.15, 0.2) is 0 Å². The van der Waals surface area contributed by atoms with Gasteiger partial charge in [0.05, 0.1) is 10.8 Å². The molecule has 1 aliphatic rings. The number of carbonyl (C=O) groups is 2. The largest absolute Gasteiger partial charge is 0.354 e. The number of amides is 2. The van der Waals surface area contributed by atoms with Crippen molar-refractivity contribution in [3.05, 3.63) is 21.9 Å². The van der Waals surface area contributed by atoms with Gasteiger partial charge in [-0.25, -0.2) is 0 Å². The summed E-state index contributed by atoms with van der Waals surface area (Å²) in [6.07, 6.45) is 1.76. The zero-order valence-electron chi connectivity index (χ0n) is 12.3. The van der Waals surface area contributed by atoms with Crippen LogP contribution in [-0.4, -0.2) is 35.8 Å². The molecule has 1 atom stereocenters. The standard InChI is InChI=1S/C15H22N2O2S/c1-10(2)16-14(18)12-5-4-7-17(9-12)15(19)13-11(3)6-8-20-13/h6,8,10,12H,4-5,7,9H2,1-3H3,(H,16,18). The van der Waals surface area contributed by atoms with Gasteiger partial charge < -0.3 is 10.2 Å². The number of carbonyl (C=O) groups excluding carboxylic acids is 2. The summed E-state index contributed by atoms with van der Waals surface area (Å²) in [7, 11) is 0. The number of likely N-dealkylation sites (tertiary alicyclic amines) is 1. The molecular formula is C15H22N2O2S. The predicted octanol–water partition coefficient (Wildman–Crippen LogP) is 2.43. The molecule has 1 aromatic heterocycles. The van der Waals surface area contributed by atoms with Crippen LogP contribution in [0.5, 0.6) is 0 Å². The summed E-state index contributed by atoms with van der Waals surface area (Å²) in [4.78, 5) is 27.2. The first-order chi connectivity index (χ1) is 9.49. The number of nitrogens with one attached hydrogen (secondary N) is 1. The lowest BCUT2D eigenvalue weighted by atomic mass is 9.96. The van der Waals surface area contributed by atoms with Crippen molar-refractivity contribution in [2.75, 3.05) is 13.1 Å². The van der Waals surface area contributed by atoms with E-state index >= 15 is 0 Å². The molecule has 2 heterocycles. The first-order valence-corrected chi connectivity index (χ1v) is 8.00. The predicted molar refractivity (Wildman–Crippen MR) is 81.0 cm³/mol. The zero-order chi connectivity index (χ0) is 14.7. The van der Waals surface area contributed by atoms with Crippen LogP contribution < -0.4 is 5.32 Å². The highest BCUT2D eigenvalue weighted by Gasteiger charge is 2.29. The first kappa shape index (κ1) is 15.0. The number of hydrogen-bond donors (Lipinski definition) is 1. The molecule has 0 saturated carbocycles. The van der Waals surface area contributed by atoms with Crippen LogP contribution in [0.1, 0.15) is 41.9 Å². The van der Waals surface area contributed by atoms with Crippen LogP contribution >= 0.6 is 11.3 Å². The van der Waals surface area contributed by atoms with E-state index in [0.29, 0.717) is 6.54 Å². The van der Waals surface area contributed by atoms with Gasteiger partial charge in [-0.2, -0.15) is 0 Å². The number of piperidine rings is 1. The maximum Gasteiger partial charge on any atom is 0.264 e. The summed E-state index contributed by atoms with van der Waals surface area (Å²) in [5, 5.41) is 4.88. The lowest BCUT2D eigenvalue weighted by Crippen LogP contribution is -2.46. The lowest BCUT2D eigenvalue weighted by molar-refractivity contribution is -0.126. The SMILES string of the molecule is Cc1ccsc1C(=O)N1CCCC(C(=O)NC(C)C)C1. The van der Waals surface area contributed by atoms with E-state index in [-0.39, 0.29) is 23.8 Å². The molecule has 20 heavy (non-hydrogen) atoms. The smallest absolute Gasteiger partial charge is 0.264 e. The number of nitrogens with zero attached hydrogens (tertiary/aromatic N) is 1. The second-order valence-electron chi connectivity index (χ2n) is 5.69. The van der Waals surface area contributed by atoms with Gasteiger partial charge in [0, 0.05) is 19.1 Å². The summed E-state index contributed by atoms with van der Waals surface area (Å²) in [5.74, 6) is 0.0651. The quantitative estimate of drug-likeness (QED) is 0.931. The summed E-state index contributed by atoms with van der Waals surface area (Å²) >= 11 is 1.48. The highest BCUT2D eigenvalue weighted by Crippen LogP contribution is 2.23. The van der Waals surface area contributed by atoms with Gasteiger partial charge in [-0.15, -0.1) is 11.3 Å².